The standard InChI is InChI=1S/C19H21N5O2/c1-4-14-12(5-6-17(25)18(14)21-3)10-22-19(26)15-11-23-24-8-7-13(20-2)9-16(15)24/h4-9,11,20-21,25H,1,10H2,2-3H3,(H,22,26). The SMILES string of the molecule is C=Cc1c(CNC(=O)c2cnn3ccc(NC)cc23)ccc(O)c1NC. The first-order valence-corrected chi connectivity index (χ1v) is 8.17. The Morgan fingerprint density at radius 1 is 1.31 bits per heavy atom. The number of nitrogens with zero attached hydrogens (tertiary/aromatic N) is 2. The molecule has 1 aromatic carbocycles. The number of carbonyl (C=O) groups excluding carboxylic acids is 1. The van der Waals surface area contributed by atoms with Crippen molar-refractivity contribution < 1.29 is 9.90 Å². The molecule has 0 radical (unpaired) electrons. The molecule has 2 aromatic heterocycles. The van der Waals surface area contributed by atoms with Gasteiger partial charge in [0.05, 0.1) is 23.0 Å². The highest BCUT2D eigenvalue weighted by Crippen LogP contribution is 2.30. The van der Waals surface area contributed by atoms with Crippen LogP contribution in [0.1, 0.15) is 21.5 Å². The maximum absolute atomic E-state index is 12.6. The number of pyridine rings is 1. The molecule has 0 unspecified atom stereocenters. The second-order valence-electron chi connectivity index (χ2n) is 5.72. The second kappa shape index (κ2) is 7.18. The molecule has 0 aliphatic rings. The van der Waals surface area contributed by atoms with Crippen LogP contribution in [0.5, 0.6) is 5.75 Å². The van der Waals surface area contributed by atoms with E-state index in [0.717, 1.165) is 22.3 Å². The first-order valence-electron chi connectivity index (χ1n) is 8.17. The summed E-state index contributed by atoms with van der Waals surface area (Å²) in [6.45, 7) is 4.10. The molecule has 26 heavy (non-hydrogen) atoms. The number of hydrogen-bond donors (Lipinski definition) is 4. The van der Waals surface area contributed by atoms with Crippen molar-refractivity contribution in [1.29, 1.82) is 0 Å². The summed E-state index contributed by atoms with van der Waals surface area (Å²) < 4.78 is 1.66. The number of phenolic OH excluding ortho intramolecular Hbond substituents is 1. The molecule has 7 heteroatoms. The third-order valence-electron chi connectivity index (χ3n) is 4.26. The number of benzene rings is 1. The normalized spacial score (nSPS) is 10.5. The summed E-state index contributed by atoms with van der Waals surface area (Å²) in [6, 6.07) is 7.11. The van der Waals surface area contributed by atoms with Gasteiger partial charge in [0, 0.05) is 38.1 Å². The van der Waals surface area contributed by atoms with Crippen LogP contribution in [0.4, 0.5) is 11.4 Å². The summed E-state index contributed by atoms with van der Waals surface area (Å²) in [6.07, 6.45) is 5.00. The lowest BCUT2D eigenvalue weighted by atomic mass is 10.0. The van der Waals surface area contributed by atoms with E-state index < -0.39 is 0 Å². The number of anilines is 2. The van der Waals surface area contributed by atoms with E-state index in [-0.39, 0.29) is 11.7 Å². The molecule has 3 aromatic rings. The minimum atomic E-state index is -0.220. The van der Waals surface area contributed by atoms with Crippen molar-refractivity contribution in [1.82, 2.24) is 14.9 Å². The fraction of sp³-hybridized carbons (Fsp3) is 0.158. The van der Waals surface area contributed by atoms with Crippen molar-refractivity contribution in [3.8, 4) is 5.75 Å². The summed E-state index contributed by atoms with van der Waals surface area (Å²) in [4.78, 5) is 12.6. The Balaban J connectivity index is 1.85. The fourth-order valence-electron chi connectivity index (χ4n) is 2.88. The highest BCUT2D eigenvalue weighted by atomic mass is 16.3. The zero-order chi connectivity index (χ0) is 18.7. The number of amides is 1. The molecule has 134 valence electrons. The smallest absolute Gasteiger partial charge is 0.255 e. The van der Waals surface area contributed by atoms with Crippen LogP contribution in [-0.4, -0.2) is 34.7 Å². The number of nitrogens with one attached hydrogen (secondary N) is 3. The van der Waals surface area contributed by atoms with Crippen molar-refractivity contribution in [2.24, 2.45) is 0 Å². The zero-order valence-corrected chi connectivity index (χ0v) is 14.7. The zero-order valence-electron chi connectivity index (χ0n) is 14.7. The molecule has 0 bridgehead atoms. The largest absolute Gasteiger partial charge is 0.506 e. The third-order valence-corrected chi connectivity index (χ3v) is 4.26. The maximum Gasteiger partial charge on any atom is 0.255 e. The lowest BCUT2D eigenvalue weighted by molar-refractivity contribution is 0.0952. The molecule has 1 amide bonds. The van der Waals surface area contributed by atoms with Gasteiger partial charge >= 0.3 is 0 Å². The Labute approximate surface area is 151 Å². The van der Waals surface area contributed by atoms with Crippen LogP contribution in [0.15, 0.2) is 43.2 Å². The Morgan fingerprint density at radius 2 is 2.12 bits per heavy atom. The number of carbonyl (C=O) groups is 1. The van der Waals surface area contributed by atoms with E-state index in [4.69, 9.17) is 0 Å². The van der Waals surface area contributed by atoms with Gasteiger partial charge in [-0.2, -0.15) is 5.10 Å². The molecule has 0 saturated carbocycles. The highest BCUT2D eigenvalue weighted by molar-refractivity contribution is 6.01. The molecular formula is C19H21N5O2. The van der Waals surface area contributed by atoms with Gasteiger partial charge in [-0.25, -0.2) is 4.52 Å². The quantitative estimate of drug-likeness (QED) is 0.513. The molecule has 0 aliphatic carbocycles. The van der Waals surface area contributed by atoms with Crippen LogP contribution in [0.3, 0.4) is 0 Å². The van der Waals surface area contributed by atoms with Gasteiger partial charge in [-0.1, -0.05) is 18.7 Å². The first kappa shape index (κ1) is 17.3. The van der Waals surface area contributed by atoms with Gasteiger partial charge < -0.3 is 21.1 Å². The highest BCUT2D eigenvalue weighted by Gasteiger charge is 2.15. The van der Waals surface area contributed by atoms with Crippen LogP contribution in [0.2, 0.25) is 0 Å². The minimum absolute atomic E-state index is 0.139. The fourth-order valence-corrected chi connectivity index (χ4v) is 2.88. The summed E-state index contributed by atoms with van der Waals surface area (Å²) in [5, 5.41) is 23.1. The summed E-state index contributed by atoms with van der Waals surface area (Å²) in [5.41, 5.74) is 4.31. The van der Waals surface area contributed by atoms with Gasteiger partial charge in [0.15, 0.2) is 0 Å². The number of aromatic nitrogens is 2. The Hall–Kier alpha value is -3.48. The van der Waals surface area contributed by atoms with Crippen LogP contribution in [0, 0.1) is 0 Å². The molecular weight excluding hydrogens is 330 g/mol. The molecule has 0 atom stereocenters. The molecule has 3 rings (SSSR count). The molecule has 2 heterocycles. The van der Waals surface area contributed by atoms with Gasteiger partial charge in [0.25, 0.3) is 5.91 Å². The van der Waals surface area contributed by atoms with Gasteiger partial charge in [-0.05, 0) is 23.8 Å². The first-order chi connectivity index (χ1) is 12.6. The van der Waals surface area contributed by atoms with Crippen molar-refractivity contribution in [3.63, 3.8) is 0 Å². The van der Waals surface area contributed by atoms with E-state index in [2.05, 4.69) is 27.6 Å². The Morgan fingerprint density at radius 3 is 2.81 bits per heavy atom. The predicted molar refractivity (Wildman–Crippen MR) is 104 cm³/mol. The lowest BCUT2D eigenvalue weighted by Crippen LogP contribution is -2.23. The van der Waals surface area contributed by atoms with Crippen molar-refractivity contribution in [2.45, 2.75) is 6.54 Å². The van der Waals surface area contributed by atoms with E-state index in [1.807, 2.05) is 19.2 Å². The van der Waals surface area contributed by atoms with Gasteiger partial charge in [-0.15, -0.1) is 0 Å². The number of aromatic hydroxyl groups is 1. The summed E-state index contributed by atoms with van der Waals surface area (Å²) >= 11 is 0. The van der Waals surface area contributed by atoms with Crippen LogP contribution >= 0.6 is 0 Å². The predicted octanol–water partition coefficient (Wildman–Crippen LogP) is 2.70. The van der Waals surface area contributed by atoms with Crippen LogP contribution in [-0.2, 0) is 6.54 Å². The van der Waals surface area contributed by atoms with Gasteiger partial charge in [-0.3, -0.25) is 4.79 Å². The number of hydrogen-bond acceptors (Lipinski definition) is 5. The molecule has 0 aliphatic heterocycles. The molecule has 0 fully saturated rings. The monoisotopic (exact) mass is 351 g/mol. The van der Waals surface area contributed by atoms with E-state index >= 15 is 0 Å². The number of rotatable bonds is 6. The van der Waals surface area contributed by atoms with E-state index in [0.29, 0.717) is 17.8 Å². The average molecular weight is 351 g/mol. The van der Waals surface area contributed by atoms with E-state index in [1.54, 1.807) is 42.2 Å². The topological polar surface area (TPSA) is 90.7 Å². The van der Waals surface area contributed by atoms with Gasteiger partial charge in [0.1, 0.15) is 5.75 Å². The molecule has 7 nitrogen and oxygen atoms in total. The van der Waals surface area contributed by atoms with E-state index in [9.17, 15) is 9.90 Å². The number of phenols is 1. The second-order valence-corrected chi connectivity index (χ2v) is 5.72. The third kappa shape index (κ3) is 3.06. The van der Waals surface area contributed by atoms with Crippen LogP contribution in [0.25, 0.3) is 11.6 Å². The van der Waals surface area contributed by atoms with Crippen molar-refractivity contribution >= 4 is 28.9 Å². The number of fused-ring (bicyclic) bond motifs is 1. The molecule has 4 N–H and O–H groups in total. The van der Waals surface area contributed by atoms with Crippen molar-refractivity contribution in [3.05, 3.63) is 59.9 Å². The Bertz CT molecular complexity index is 977. The molecule has 0 spiro atoms. The van der Waals surface area contributed by atoms with Crippen molar-refractivity contribution in [2.75, 3.05) is 24.7 Å². The summed E-state index contributed by atoms with van der Waals surface area (Å²) in [5.74, 6) is -0.0814. The maximum atomic E-state index is 12.6. The average Bonchev–Trinajstić information content (AvgIpc) is 3.09. The minimum Gasteiger partial charge on any atom is -0.506 e. The van der Waals surface area contributed by atoms with E-state index in [1.165, 1.54) is 0 Å². The Kier molecular flexibility index (Phi) is 4.79. The van der Waals surface area contributed by atoms with Gasteiger partial charge in [0.2, 0.25) is 0 Å². The lowest BCUT2D eigenvalue weighted by Gasteiger charge is -2.14. The summed E-state index contributed by atoms with van der Waals surface area (Å²) in [7, 11) is 3.55. The molecule has 0 saturated heterocycles. The van der Waals surface area contributed by atoms with Crippen LogP contribution < -0.4 is 16.0 Å².